The van der Waals surface area contributed by atoms with Gasteiger partial charge < -0.3 is 19.1 Å². The molecule has 5 nitrogen and oxygen atoms in total. The summed E-state index contributed by atoms with van der Waals surface area (Å²) in [7, 11) is 0. The zero-order chi connectivity index (χ0) is 45.2. The summed E-state index contributed by atoms with van der Waals surface area (Å²) in [6.07, 6.45) is 4.13. The van der Waals surface area contributed by atoms with E-state index >= 15 is 0 Å². The number of nitrogens with zero attached hydrogens (tertiary/aromatic N) is 4. The first-order valence-electron chi connectivity index (χ1n) is 22.4. The average molecular weight is 1040 g/mol. The van der Waals surface area contributed by atoms with Crippen LogP contribution in [0.2, 0.25) is 0 Å². The van der Waals surface area contributed by atoms with Gasteiger partial charge in [0, 0.05) is 55.7 Å². The van der Waals surface area contributed by atoms with Crippen LogP contribution in [0.25, 0.3) is 33.3 Å². The van der Waals surface area contributed by atoms with E-state index in [1.165, 1.54) is 22.3 Å². The van der Waals surface area contributed by atoms with Gasteiger partial charge in [-0.3, -0.25) is 0 Å². The van der Waals surface area contributed by atoms with Crippen molar-refractivity contribution in [3.63, 3.8) is 0 Å². The molecule has 8 aromatic rings. The molecule has 0 aliphatic carbocycles. The van der Waals surface area contributed by atoms with Gasteiger partial charge in [-0.25, -0.2) is 4.98 Å². The topological polar surface area (TPSA) is 33.5 Å². The summed E-state index contributed by atoms with van der Waals surface area (Å²) in [5.74, 6) is 2.06. The molecule has 2 aromatic heterocycles. The number of fused-ring (bicyclic) bond motifs is 3. The molecule has 1 aliphatic heterocycles. The quantitative estimate of drug-likeness (QED) is 0.142. The summed E-state index contributed by atoms with van der Waals surface area (Å²) in [5, 5.41) is 2.23. The van der Waals surface area contributed by atoms with E-state index in [4.69, 9.17) is 9.72 Å². The van der Waals surface area contributed by atoms with Gasteiger partial charge in [0.05, 0.1) is 0 Å². The molecule has 9 rings (SSSR count). The van der Waals surface area contributed by atoms with Crippen LogP contribution < -0.4 is 14.5 Å². The molecule has 6 aromatic carbocycles. The van der Waals surface area contributed by atoms with Gasteiger partial charge >= 0.3 is 0 Å². The van der Waals surface area contributed by atoms with Crippen molar-refractivity contribution in [3.8, 4) is 17.3 Å². The van der Waals surface area contributed by atoms with Crippen molar-refractivity contribution in [1.82, 2.24) is 9.55 Å². The van der Waals surface area contributed by atoms with Crippen LogP contribution >= 0.6 is 0 Å². The number of pyridine rings is 1. The first-order valence-corrected chi connectivity index (χ1v) is 22.4. The fraction of sp³-hybridized carbons (Fsp3) is 0.254. The number of ether oxygens (including phenoxy) is 1. The standard InChI is InChI=1S/C59H59N4O.Pt/c1-56(2,3)42-28-29-60-55(35-42)63-52-25-19-18-24-50(52)51-27-26-48(37-53(51)63)64-49-34-45(59(10,11)41-22-16-13-17-23-41)33-46(36-49)61-38-54(40-20-14-12-15-21-40)62(39-61)47-31-43(57(4,5)6)30-44(32-47)58(7,8)9;/h12-35,38-39H,1-11H3;/q-3;. The normalized spacial score (nSPS) is 13.6. The van der Waals surface area contributed by atoms with Crippen molar-refractivity contribution in [3.05, 3.63) is 204 Å². The fourth-order valence-electron chi connectivity index (χ4n) is 8.59. The van der Waals surface area contributed by atoms with Gasteiger partial charge in [0.1, 0.15) is 5.82 Å². The van der Waals surface area contributed by atoms with E-state index in [1.807, 2.05) is 12.3 Å². The van der Waals surface area contributed by atoms with Crippen LogP contribution in [-0.2, 0) is 42.7 Å². The number of benzene rings is 6. The molecule has 0 N–H and O–H groups in total. The Labute approximate surface area is 401 Å². The molecule has 0 saturated heterocycles. The third-order valence-corrected chi connectivity index (χ3v) is 12.7. The fourth-order valence-corrected chi connectivity index (χ4v) is 8.59. The van der Waals surface area contributed by atoms with Gasteiger partial charge in [-0.05, 0) is 91.4 Å². The van der Waals surface area contributed by atoms with E-state index in [0.717, 1.165) is 55.8 Å². The van der Waals surface area contributed by atoms with Crippen LogP contribution in [0.4, 0.5) is 11.4 Å². The molecule has 0 spiro atoms. The number of para-hydroxylation sites is 1. The van der Waals surface area contributed by atoms with Crippen LogP contribution in [-0.4, -0.2) is 9.55 Å². The summed E-state index contributed by atoms with van der Waals surface area (Å²) in [4.78, 5) is 9.42. The van der Waals surface area contributed by atoms with Crippen LogP contribution in [0.1, 0.15) is 110 Å². The monoisotopic (exact) mass is 1030 g/mol. The SMILES string of the molecule is CC(C)(C)c1cc(N2[CH-]N(c3[c-]c(Oc4[c-]c5c(cc4)c4ccccc4n5-c4cc(C(C)(C)C)ccn4)cc(C(C)(C)c4ccccc4)c3)C=C2c2ccccc2)cc(C(C)(C)C)c1.[Pt]. The molecule has 0 atom stereocenters. The molecule has 0 saturated carbocycles. The third kappa shape index (κ3) is 9.05. The molecule has 0 unspecified atom stereocenters. The smallest absolute Gasteiger partial charge is 0.135 e. The summed E-state index contributed by atoms with van der Waals surface area (Å²) in [6.45, 7) is 27.2. The predicted octanol–water partition coefficient (Wildman–Crippen LogP) is 15.2. The summed E-state index contributed by atoms with van der Waals surface area (Å²) in [5.41, 5.74) is 11.8. The van der Waals surface area contributed by atoms with Gasteiger partial charge in [-0.2, -0.15) is 6.07 Å². The molecule has 0 radical (unpaired) electrons. The van der Waals surface area contributed by atoms with Crippen molar-refractivity contribution < 1.29 is 25.8 Å². The van der Waals surface area contributed by atoms with Crippen LogP contribution in [0.3, 0.4) is 0 Å². The number of rotatable bonds is 8. The largest absolute Gasteiger partial charge is 0.509 e. The Balaban J connectivity index is 0.00000576. The van der Waals surface area contributed by atoms with Crippen LogP contribution in [0, 0.1) is 18.8 Å². The van der Waals surface area contributed by atoms with Crippen molar-refractivity contribution in [2.24, 2.45) is 0 Å². The molecule has 3 heterocycles. The van der Waals surface area contributed by atoms with Crippen molar-refractivity contribution >= 4 is 38.9 Å². The van der Waals surface area contributed by atoms with Crippen LogP contribution in [0.5, 0.6) is 11.5 Å². The summed E-state index contributed by atoms with van der Waals surface area (Å²) < 4.78 is 9.14. The maximum absolute atomic E-state index is 6.93. The van der Waals surface area contributed by atoms with Gasteiger partial charge in [-0.15, -0.1) is 53.6 Å². The maximum atomic E-state index is 6.93. The Hall–Kier alpha value is -5.90. The van der Waals surface area contributed by atoms with Gasteiger partial charge in [0.25, 0.3) is 0 Å². The van der Waals surface area contributed by atoms with E-state index in [9.17, 15) is 0 Å². The minimum atomic E-state index is -0.360. The minimum absolute atomic E-state index is 0. The van der Waals surface area contributed by atoms with E-state index in [0.29, 0.717) is 11.5 Å². The number of anilines is 2. The molecule has 0 amide bonds. The van der Waals surface area contributed by atoms with Gasteiger partial charge in [0.15, 0.2) is 0 Å². The van der Waals surface area contributed by atoms with Crippen molar-refractivity contribution in [2.75, 3.05) is 9.80 Å². The minimum Gasteiger partial charge on any atom is -0.509 e. The molecule has 0 fully saturated rings. The molecular formula is C59H59N4OPt-3. The Morgan fingerprint density at radius 3 is 1.83 bits per heavy atom. The Bertz CT molecular complexity index is 3000. The molecule has 6 heteroatoms. The number of aromatic nitrogens is 2. The van der Waals surface area contributed by atoms with Gasteiger partial charge in [0.2, 0.25) is 0 Å². The zero-order valence-electron chi connectivity index (χ0n) is 39.5. The van der Waals surface area contributed by atoms with Crippen molar-refractivity contribution in [1.29, 1.82) is 0 Å². The molecule has 0 bridgehead atoms. The first-order chi connectivity index (χ1) is 30.3. The van der Waals surface area contributed by atoms with E-state index in [1.54, 1.807) is 0 Å². The van der Waals surface area contributed by atoms with Crippen molar-refractivity contribution in [2.45, 2.75) is 97.8 Å². The van der Waals surface area contributed by atoms with Gasteiger partial charge in [-0.1, -0.05) is 167 Å². The Morgan fingerprint density at radius 2 is 1.17 bits per heavy atom. The second-order valence-corrected chi connectivity index (χ2v) is 20.8. The maximum Gasteiger partial charge on any atom is 0.135 e. The second kappa shape index (κ2) is 17.1. The van der Waals surface area contributed by atoms with E-state index in [2.05, 4.69) is 249 Å². The average Bonchev–Trinajstić information content (AvgIpc) is 3.86. The zero-order valence-corrected chi connectivity index (χ0v) is 41.8. The summed E-state index contributed by atoms with van der Waals surface area (Å²) >= 11 is 0. The second-order valence-electron chi connectivity index (χ2n) is 20.8. The van der Waals surface area contributed by atoms with E-state index in [-0.39, 0.29) is 42.7 Å². The van der Waals surface area contributed by atoms with E-state index < -0.39 is 0 Å². The Morgan fingerprint density at radius 1 is 0.538 bits per heavy atom. The molecule has 334 valence electrons. The third-order valence-electron chi connectivity index (χ3n) is 12.7. The first kappa shape index (κ1) is 45.7. The summed E-state index contributed by atoms with van der Waals surface area (Å²) in [6, 6.07) is 57.2. The molecule has 1 aliphatic rings. The Kier molecular flexibility index (Phi) is 12.0. The number of hydrogen-bond donors (Lipinski definition) is 0. The predicted molar refractivity (Wildman–Crippen MR) is 268 cm³/mol. The number of hydrogen-bond acceptors (Lipinski definition) is 4. The molecule has 65 heavy (non-hydrogen) atoms. The molecular weight excluding hydrogens is 976 g/mol. The van der Waals surface area contributed by atoms with Crippen LogP contribution in [0.15, 0.2) is 152 Å².